The predicted octanol–water partition coefficient (Wildman–Crippen LogP) is 5.47. The fraction of sp³-hybridized carbons (Fsp3) is 0.0833. The lowest BCUT2D eigenvalue weighted by atomic mass is 9.93. The molecule has 0 saturated heterocycles. The van der Waals surface area contributed by atoms with E-state index in [0.717, 1.165) is 28.5 Å². The molecule has 1 heterocycles. The lowest BCUT2D eigenvalue weighted by Crippen LogP contribution is -1.91. The van der Waals surface area contributed by atoms with E-state index in [1.165, 1.54) is 0 Å². The van der Waals surface area contributed by atoms with Crippen LogP contribution in [0.3, 0.4) is 0 Å². The Bertz CT molecular complexity index is 1250. The Morgan fingerprint density at radius 1 is 0.931 bits per heavy atom. The third kappa shape index (κ3) is 3.21. The molecule has 4 aromatic rings. The number of aldehydes is 1. The van der Waals surface area contributed by atoms with Gasteiger partial charge >= 0.3 is 0 Å². The second-order valence-corrected chi connectivity index (χ2v) is 6.43. The maximum absolute atomic E-state index is 11.7. The van der Waals surface area contributed by atoms with Crippen molar-refractivity contribution in [2.75, 3.05) is 14.2 Å². The summed E-state index contributed by atoms with van der Waals surface area (Å²) in [6, 6.07) is 20.2. The summed E-state index contributed by atoms with van der Waals surface area (Å²) in [5.74, 6) is 2.00. The van der Waals surface area contributed by atoms with Crippen LogP contribution in [0, 0.1) is 11.3 Å². The number of rotatable bonds is 5. The van der Waals surface area contributed by atoms with E-state index in [4.69, 9.17) is 13.9 Å². The van der Waals surface area contributed by atoms with Gasteiger partial charge in [0.1, 0.15) is 22.8 Å². The van der Waals surface area contributed by atoms with E-state index < -0.39 is 0 Å². The smallest absolute Gasteiger partial charge is 0.150 e. The number of hydrogen-bond donors (Lipinski definition) is 0. The van der Waals surface area contributed by atoms with Gasteiger partial charge in [-0.3, -0.25) is 4.79 Å². The Hall–Kier alpha value is -4.04. The summed E-state index contributed by atoms with van der Waals surface area (Å²) >= 11 is 0. The number of furan rings is 1. The maximum atomic E-state index is 11.7. The summed E-state index contributed by atoms with van der Waals surface area (Å²) in [5, 5.41) is 10.2. The third-order valence-corrected chi connectivity index (χ3v) is 4.83. The van der Waals surface area contributed by atoms with E-state index >= 15 is 0 Å². The van der Waals surface area contributed by atoms with Gasteiger partial charge in [-0.15, -0.1) is 0 Å². The number of benzene rings is 3. The van der Waals surface area contributed by atoms with Gasteiger partial charge in [0.2, 0.25) is 0 Å². The first-order valence-electron chi connectivity index (χ1n) is 8.93. The molecule has 0 bridgehead atoms. The average Bonchev–Trinajstić information content (AvgIpc) is 3.17. The number of ether oxygens (including phenoxy) is 2. The molecule has 0 saturated carbocycles. The summed E-state index contributed by atoms with van der Waals surface area (Å²) in [5.41, 5.74) is 3.81. The quantitative estimate of drug-likeness (QED) is 0.427. The van der Waals surface area contributed by atoms with Crippen molar-refractivity contribution in [3.05, 3.63) is 71.8 Å². The number of methoxy groups -OCH3 is 2. The van der Waals surface area contributed by atoms with Crippen LogP contribution in [0.5, 0.6) is 11.5 Å². The average molecular weight is 383 g/mol. The SMILES string of the molecule is COc1ccc(-c2oc3cc(OC)ccc3c2-c2cc(C#N)ccc2C=O)cc1. The lowest BCUT2D eigenvalue weighted by Gasteiger charge is -2.08. The molecule has 142 valence electrons. The lowest BCUT2D eigenvalue weighted by molar-refractivity contribution is 0.112. The summed E-state index contributed by atoms with van der Waals surface area (Å²) in [6.45, 7) is 0. The molecule has 0 aliphatic carbocycles. The molecule has 0 aliphatic heterocycles. The monoisotopic (exact) mass is 383 g/mol. The summed E-state index contributed by atoms with van der Waals surface area (Å²) < 4.78 is 16.8. The zero-order valence-electron chi connectivity index (χ0n) is 15.9. The Kier molecular flexibility index (Phi) is 4.76. The van der Waals surface area contributed by atoms with Crippen molar-refractivity contribution >= 4 is 17.3 Å². The van der Waals surface area contributed by atoms with Crippen molar-refractivity contribution < 1.29 is 18.7 Å². The first kappa shape index (κ1) is 18.3. The highest BCUT2D eigenvalue weighted by atomic mass is 16.5. The van der Waals surface area contributed by atoms with Gasteiger partial charge in [0, 0.05) is 28.1 Å². The molecule has 3 aromatic carbocycles. The minimum atomic E-state index is 0.467. The van der Waals surface area contributed by atoms with Gasteiger partial charge < -0.3 is 13.9 Å². The highest BCUT2D eigenvalue weighted by Gasteiger charge is 2.21. The Morgan fingerprint density at radius 3 is 2.31 bits per heavy atom. The van der Waals surface area contributed by atoms with E-state index in [1.54, 1.807) is 38.5 Å². The van der Waals surface area contributed by atoms with Crippen LogP contribution in [0.15, 0.2) is 65.1 Å². The molecule has 0 fully saturated rings. The second kappa shape index (κ2) is 7.53. The third-order valence-electron chi connectivity index (χ3n) is 4.83. The van der Waals surface area contributed by atoms with Crippen molar-refractivity contribution in [1.82, 2.24) is 0 Å². The van der Waals surface area contributed by atoms with Crippen LogP contribution in [-0.2, 0) is 0 Å². The minimum Gasteiger partial charge on any atom is -0.497 e. The highest BCUT2D eigenvalue weighted by Crippen LogP contribution is 2.43. The van der Waals surface area contributed by atoms with E-state index in [2.05, 4.69) is 6.07 Å². The van der Waals surface area contributed by atoms with Crippen molar-refractivity contribution in [2.45, 2.75) is 0 Å². The Morgan fingerprint density at radius 2 is 1.66 bits per heavy atom. The van der Waals surface area contributed by atoms with Gasteiger partial charge in [-0.25, -0.2) is 0 Å². The molecule has 0 unspecified atom stereocenters. The Labute approximate surface area is 167 Å². The van der Waals surface area contributed by atoms with Crippen LogP contribution in [-0.4, -0.2) is 20.5 Å². The number of fused-ring (bicyclic) bond motifs is 1. The van der Waals surface area contributed by atoms with Gasteiger partial charge in [-0.2, -0.15) is 5.26 Å². The van der Waals surface area contributed by atoms with Crippen molar-refractivity contribution in [2.24, 2.45) is 0 Å². The molecule has 0 amide bonds. The molecule has 1 aromatic heterocycles. The summed E-state index contributed by atoms with van der Waals surface area (Å²) in [4.78, 5) is 11.7. The molecule has 29 heavy (non-hydrogen) atoms. The number of nitrogens with zero attached hydrogens (tertiary/aromatic N) is 1. The fourth-order valence-corrected chi connectivity index (χ4v) is 3.36. The van der Waals surface area contributed by atoms with Gasteiger partial charge in [0.05, 0.1) is 25.9 Å². The van der Waals surface area contributed by atoms with Gasteiger partial charge in [-0.1, -0.05) is 0 Å². The molecule has 0 atom stereocenters. The van der Waals surface area contributed by atoms with E-state index in [9.17, 15) is 10.1 Å². The van der Waals surface area contributed by atoms with Gasteiger partial charge in [-0.05, 0) is 60.2 Å². The van der Waals surface area contributed by atoms with Crippen molar-refractivity contribution in [1.29, 1.82) is 5.26 Å². The fourth-order valence-electron chi connectivity index (χ4n) is 3.36. The predicted molar refractivity (Wildman–Crippen MR) is 110 cm³/mol. The van der Waals surface area contributed by atoms with Crippen LogP contribution in [0.4, 0.5) is 0 Å². The van der Waals surface area contributed by atoms with Crippen molar-refractivity contribution in [3.63, 3.8) is 0 Å². The molecule has 5 nitrogen and oxygen atoms in total. The van der Waals surface area contributed by atoms with E-state index in [1.807, 2.05) is 36.4 Å². The van der Waals surface area contributed by atoms with Crippen LogP contribution < -0.4 is 9.47 Å². The number of hydrogen-bond acceptors (Lipinski definition) is 5. The van der Waals surface area contributed by atoms with Crippen LogP contribution >= 0.6 is 0 Å². The largest absolute Gasteiger partial charge is 0.497 e. The van der Waals surface area contributed by atoms with E-state index in [-0.39, 0.29) is 0 Å². The molecule has 0 N–H and O–H groups in total. The summed E-state index contributed by atoms with van der Waals surface area (Å²) in [6.07, 6.45) is 0.788. The zero-order valence-corrected chi connectivity index (χ0v) is 15.9. The molecule has 0 spiro atoms. The highest BCUT2D eigenvalue weighted by molar-refractivity contribution is 6.05. The Balaban J connectivity index is 2.06. The maximum Gasteiger partial charge on any atom is 0.150 e. The standard InChI is InChI=1S/C24H17NO4/c1-27-18-7-5-16(6-8-18)24-23(20-10-9-19(28-2)12-22(20)29-24)21-11-15(13-25)3-4-17(21)14-26/h3-12,14H,1-2H3. The molecular formula is C24H17NO4. The topological polar surface area (TPSA) is 72.5 Å². The molecular weight excluding hydrogens is 366 g/mol. The van der Waals surface area contributed by atoms with Crippen LogP contribution in [0.1, 0.15) is 15.9 Å². The van der Waals surface area contributed by atoms with Gasteiger partial charge in [0.15, 0.2) is 6.29 Å². The van der Waals surface area contributed by atoms with Crippen LogP contribution in [0.25, 0.3) is 33.4 Å². The number of carbonyl (C=O) groups excluding carboxylic acids is 1. The van der Waals surface area contributed by atoms with Gasteiger partial charge in [0.25, 0.3) is 0 Å². The molecule has 0 radical (unpaired) electrons. The molecule has 4 rings (SSSR count). The first-order valence-corrected chi connectivity index (χ1v) is 8.93. The zero-order chi connectivity index (χ0) is 20.4. The molecule has 5 heteroatoms. The van der Waals surface area contributed by atoms with E-state index in [0.29, 0.717) is 33.8 Å². The first-order chi connectivity index (χ1) is 14.2. The second-order valence-electron chi connectivity index (χ2n) is 6.43. The van der Waals surface area contributed by atoms with Crippen molar-refractivity contribution in [3.8, 4) is 40.0 Å². The normalized spacial score (nSPS) is 10.5. The number of nitriles is 1. The number of carbonyl (C=O) groups is 1. The molecule has 0 aliphatic rings. The minimum absolute atomic E-state index is 0.467. The summed E-state index contributed by atoms with van der Waals surface area (Å²) in [7, 11) is 3.20. The van der Waals surface area contributed by atoms with Crippen LogP contribution in [0.2, 0.25) is 0 Å².